The summed E-state index contributed by atoms with van der Waals surface area (Å²) in [5.74, 6) is 0.655. The monoisotopic (exact) mass is 226 g/mol. The number of nitrogens with zero attached hydrogens (tertiary/aromatic N) is 1. The molecular formula is C10H14N2O2S. The number of hydrogen-bond acceptors (Lipinski definition) is 4. The standard InChI is InChI=1S/C10H14N2O2S/c1-2-4-8-7-9(14)12-10(11-8)15-6-3-5-13/h5,7H,2-4,6H2,1H3,(H,11,12,14). The van der Waals surface area contributed by atoms with Crippen LogP contribution in [0.3, 0.4) is 0 Å². The first-order valence-corrected chi connectivity index (χ1v) is 5.91. The highest BCUT2D eigenvalue weighted by Crippen LogP contribution is 2.12. The van der Waals surface area contributed by atoms with Crippen LogP contribution in [0.15, 0.2) is 16.0 Å². The van der Waals surface area contributed by atoms with E-state index in [0.29, 0.717) is 17.3 Å². The summed E-state index contributed by atoms with van der Waals surface area (Å²) in [5.41, 5.74) is 0.692. The van der Waals surface area contributed by atoms with E-state index in [1.165, 1.54) is 17.8 Å². The molecule has 5 heteroatoms. The molecule has 1 N–H and O–H groups in total. The predicted molar refractivity (Wildman–Crippen MR) is 60.3 cm³/mol. The maximum Gasteiger partial charge on any atom is 0.251 e. The normalized spacial score (nSPS) is 10.2. The Labute approximate surface area is 92.5 Å². The van der Waals surface area contributed by atoms with Gasteiger partial charge in [-0.2, -0.15) is 0 Å². The molecule has 0 amide bonds. The van der Waals surface area contributed by atoms with Crippen molar-refractivity contribution in [2.24, 2.45) is 0 Å². The molecule has 0 aromatic carbocycles. The minimum Gasteiger partial charge on any atom is -0.303 e. The van der Waals surface area contributed by atoms with Gasteiger partial charge in [-0.25, -0.2) is 4.98 Å². The largest absolute Gasteiger partial charge is 0.303 e. The van der Waals surface area contributed by atoms with Gasteiger partial charge < -0.3 is 9.78 Å². The molecule has 0 unspecified atom stereocenters. The third kappa shape index (κ3) is 4.29. The molecular weight excluding hydrogens is 212 g/mol. The molecule has 82 valence electrons. The lowest BCUT2D eigenvalue weighted by atomic mass is 10.2. The van der Waals surface area contributed by atoms with Crippen molar-refractivity contribution in [1.82, 2.24) is 9.97 Å². The second-order valence-corrected chi connectivity index (χ2v) is 4.18. The third-order valence-electron chi connectivity index (χ3n) is 1.75. The number of aryl methyl sites for hydroxylation is 1. The molecule has 0 fully saturated rings. The first-order chi connectivity index (χ1) is 7.26. The minimum absolute atomic E-state index is 0.123. The van der Waals surface area contributed by atoms with Gasteiger partial charge in [0, 0.05) is 23.9 Å². The summed E-state index contributed by atoms with van der Waals surface area (Å²) < 4.78 is 0. The van der Waals surface area contributed by atoms with Gasteiger partial charge in [-0.3, -0.25) is 4.79 Å². The Hall–Kier alpha value is -1.10. The number of carbonyl (C=O) groups excluding carboxylic acids is 1. The molecule has 0 spiro atoms. The van der Waals surface area contributed by atoms with E-state index in [1.807, 2.05) is 6.92 Å². The van der Waals surface area contributed by atoms with Gasteiger partial charge in [-0.05, 0) is 6.42 Å². The van der Waals surface area contributed by atoms with Crippen molar-refractivity contribution < 1.29 is 4.79 Å². The zero-order chi connectivity index (χ0) is 11.1. The topological polar surface area (TPSA) is 62.8 Å². The van der Waals surface area contributed by atoms with Crippen LogP contribution < -0.4 is 5.56 Å². The van der Waals surface area contributed by atoms with Crippen LogP contribution in [0.2, 0.25) is 0 Å². The highest BCUT2D eigenvalue weighted by molar-refractivity contribution is 7.99. The summed E-state index contributed by atoms with van der Waals surface area (Å²) in [7, 11) is 0. The second kappa shape index (κ2) is 6.40. The molecule has 0 saturated heterocycles. The number of aromatic amines is 1. The Morgan fingerprint density at radius 2 is 2.40 bits per heavy atom. The maximum atomic E-state index is 11.2. The van der Waals surface area contributed by atoms with Crippen molar-refractivity contribution in [1.29, 1.82) is 0 Å². The Morgan fingerprint density at radius 1 is 1.60 bits per heavy atom. The van der Waals surface area contributed by atoms with Gasteiger partial charge in [0.15, 0.2) is 5.16 Å². The zero-order valence-electron chi connectivity index (χ0n) is 8.66. The lowest BCUT2D eigenvalue weighted by Gasteiger charge is -2.01. The van der Waals surface area contributed by atoms with Crippen molar-refractivity contribution in [3.63, 3.8) is 0 Å². The van der Waals surface area contributed by atoms with Gasteiger partial charge in [0.1, 0.15) is 6.29 Å². The fourth-order valence-electron chi connectivity index (χ4n) is 1.14. The molecule has 0 atom stereocenters. The number of hydrogen-bond donors (Lipinski definition) is 1. The smallest absolute Gasteiger partial charge is 0.251 e. The molecule has 1 aromatic heterocycles. The average Bonchev–Trinajstić information content (AvgIpc) is 2.18. The van der Waals surface area contributed by atoms with Crippen LogP contribution in [0, 0.1) is 0 Å². The molecule has 0 bridgehead atoms. The van der Waals surface area contributed by atoms with E-state index in [2.05, 4.69) is 9.97 Å². The van der Waals surface area contributed by atoms with Crippen LogP contribution in [-0.2, 0) is 11.2 Å². The number of thioether (sulfide) groups is 1. The molecule has 15 heavy (non-hydrogen) atoms. The highest BCUT2D eigenvalue weighted by Gasteiger charge is 2.01. The molecule has 1 heterocycles. The molecule has 0 radical (unpaired) electrons. The maximum absolute atomic E-state index is 11.2. The zero-order valence-corrected chi connectivity index (χ0v) is 9.47. The minimum atomic E-state index is -0.123. The lowest BCUT2D eigenvalue weighted by molar-refractivity contribution is -0.107. The summed E-state index contributed by atoms with van der Waals surface area (Å²) in [5, 5.41) is 0.604. The summed E-state index contributed by atoms with van der Waals surface area (Å²) in [6, 6.07) is 1.52. The quantitative estimate of drug-likeness (QED) is 0.345. The van der Waals surface area contributed by atoms with E-state index in [-0.39, 0.29) is 5.56 Å². The van der Waals surface area contributed by atoms with Crippen LogP contribution in [0.4, 0.5) is 0 Å². The van der Waals surface area contributed by atoms with Gasteiger partial charge in [0.2, 0.25) is 0 Å². The SMILES string of the molecule is CCCc1cc(=O)[nH]c(SCCC=O)n1. The number of aromatic nitrogens is 2. The average molecular weight is 226 g/mol. The van der Waals surface area contributed by atoms with Gasteiger partial charge in [0.25, 0.3) is 5.56 Å². The van der Waals surface area contributed by atoms with Crippen LogP contribution in [0.1, 0.15) is 25.5 Å². The first kappa shape index (κ1) is 12.0. The first-order valence-electron chi connectivity index (χ1n) is 4.93. The van der Waals surface area contributed by atoms with Gasteiger partial charge in [-0.1, -0.05) is 25.1 Å². The van der Waals surface area contributed by atoms with Gasteiger partial charge in [0.05, 0.1) is 0 Å². The van der Waals surface area contributed by atoms with E-state index in [1.54, 1.807) is 0 Å². The number of carbonyl (C=O) groups is 1. The molecule has 0 aliphatic heterocycles. The molecule has 1 rings (SSSR count). The fraction of sp³-hybridized carbons (Fsp3) is 0.500. The lowest BCUT2D eigenvalue weighted by Crippen LogP contribution is -2.10. The Kier molecular flexibility index (Phi) is 5.10. The van der Waals surface area contributed by atoms with Crippen LogP contribution in [0.5, 0.6) is 0 Å². The molecule has 1 aromatic rings. The van der Waals surface area contributed by atoms with Crippen LogP contribution in [-0.4, -0.2) is 22.0 Å². The summed E-state index contributed by atoms with van der Waals surface area (Å²) in [4.78, 5) is 28.3. The van der Waals surface area contributed by atoms with Crippen molar-refractivity contribution in [2.75, 3.05) is 5.75 Å². The van der Waals surface area contributed by atoms with E-state index in [0.717, 1.165) is 24.8 Å². The van der Waals surface area contributed by atoms with E-state index >= 15 is 0 Å². The van der Waals surface area contributed by atoms with Crippen molar-refractivity contribution >= 4 is 18.0 Å². The van der Waals surface area contributed by atoms with E-state index in [4.69, 9.17) is 0 Å². The van der Waals surface area contributed by atoms with Crippen molar-refractivity contribution in [3.8, 4) is 0 Å². The molecule has 0 aliphatic carbocycles. The number of rotatable bonds is 6. The Balaban J connectivity index is 2.70. The third-order valence-corrected chi connectivity index (χ3v) is 2.66. The van der Waals surface area contributed by atoms with Crippen molar-refractivity contribution in [2.45, 2.75) is 31.3 Å². The fourth-order valence-corrected chi connectivity index (χ4v) is 1.90. The van der Waals surface area contributed by atoms with Crippen molar-refractivity contribution in [3.05, 3.63) is 22.1 Å². The number of nitrogens with one attached hydrogen (secondary N) is 1. The van der Waals surface area contributed by atoms with E-state index < -0.39 is 0 Å². The summed E-state index contributed by atoms with van der Waals surface area (Å²) in [6.07, 6.45) is 3.12. The van der Waals surface area contributed by atoms with E-state index in [9.17, 15) is 9.59 Å². The molecule has 0 saturated carbocycles. The number of aldehydes is 1. The van der Waals surface area contributed by atoms with Crippen LogP contribution >= 0.6 is 11.8 Å². The van der Waals surface area contributed by atoms with Gasteiger partial charge in [-0.15, -0.1) is 0 Å². The molecule has 4 nitrogen and oxygen atoms in total. The number of H-pyrrole nitrogens is 1. The molecule has 0 aliphatic rings. The van der Waals surface area contributed by atoms with Crippen LogP contribution in [0.25, 0.3) is 0 Å². The Bertz CT molecular complexity index is 376. The second-order valence-electron chi connectivity index (χ2n) is 3.10. The predicted octanol–water partition coefficient (Wildman–Crippen LogP) is 1.40. The van der Waals surface area contributed by atoms with Gasteiger partial charge >= 0.3 is 0 Å². The summed E-state index contributed by atoms with van der Waals surface area (Å²) >= 11 is 1.40. The Morgan fingerprint density at radius 3 is 3.07 bits per heavy atom. The summed E-state index contributed by atoms with van der Waals surface area (Å²) in [6.45, 7) is 2.04. The highest BCUT2D eigenvalue weighted by atomic mass is 32.2.